The molecule has 2 N–H and O–H groups in total. The molecule has 1 aliphatic carbocycles. The zero-order valence-electron chi connectivity index (χ0n) is 14.5. The molecule has 1 atom stereocenters. The van der Waals surface area contributed by atoms with E-state index in [1.165, 1.54) is 5.57 Å². The van der Waals surface area contributed by atoms with Crippen LogP contribution < -0.4 is 0 Å². The average Bonchev–Trinajstić information content (AvgIpc) is 2.53. The van der Waals surface area contributed by atoms with Crippen molar-refractivity contribution >= 4 is 17.9 Å². The molecule has 0 bridgehead atoms. The summed E-state index contributed by atoms with van der Waals surface area (Å²) in [6.07, 6.45) is 10.1. The Morgan fingerprint density at radius 2 is 2.12 bits per heavy atom. The van der Waals surface area contributed by atoms with Crippen molar-refractivity contribution in [2.24, 2.45) is 10.9 Å². The van der Waals surface area contributed by atoms with Crippen LogP contribution in [0.15, 0.2) is 40.9 Å². The van der Waals surface area contributed by atoms with E-state index in [1.54, 1.807) is 24.3 Å². The smallest absolute Gasteiger partial charge is 0.337 e. The van der Waals surface area contributed by atoms with Crippen LogP contribution in [0.3, 0.4) is 0 Å². The average molecular weight is 329 g/mol. The maximum absolute atomic E-state index is 11.2. The number of hydrogen-bond acceptors (Lipinski definition) is 3. The summed E-state index contributed by atoms with van der Waals surface area (Å²) >= 11 is 0. The molecule has 0 fully saturated rings. The Bertz CT molecular complexity index is 626. The van der Waals surface area contributed by atoms with Gasteiger partial charge in [0, 0.05) is 6.21 Å². The molecule has 0 saturated carbocycles. The van der Waals surface area contributed by atoms with Gasteiger partial charge in [-0.2, -0.15) is 0 Å². The van der Waals surface area contributed by atoms with Gasteiger partial charge in [-0.05, 0) is 70.4 Å². The summed E-state index contributed by atoms with van der Waals surface area (Å²) in [6, 6.07) is 6.84. The van der Waals surface area contributed by atoms with Gasteiger partial charge in [0.1, 0.15) is 0 Å². The lowest BCUT2D eigenvalue weighted by Crippen LogP contribution is -2.18. The SMILES string of the molecule is CC(C)(O)CCCC1=CCC(C=Nc2ccccc2C(=O)O)CC1. The topological polar surface area (TPSA) is 69.9 Å². The number of nitrogens with zero attached hydrogens (tertiary/aromatic N) is 1. The third-order valence-corrected chi connectivity index (χ3v) is 4.39. The van der Waals surface area contributed by atoms with Gasteiger partial charge in [-0.25, -0.2) is 4.79 Å². The Balaban J connectivity index is 1.87. The zero-order chi connectivity index (χ0) is 17.6. The maximum Gasteiger partial charge on any atom is 0.337 e. The van der Waals surface area contributed by atoms with Crippen LogP contribution >= 0.6 is 0 Å². The first kappa shape index (κ1) is 18.4. The van der Waals surface area contributed by atoms with Gasteiger partial charge in [0.15, 0.2) is 0 Å². The zero-order valence-corrected chi connectivity index (χ0v) is 14.5. The van der Waals surface area contributed by atoms with Crippen LogP contribution in [-0.2, 0) is 0 Å². The number of benzene rings is 1. The van der Waals surface area contributed by atoms with Crippen LogP contribution in [0.2, 0.25) is 0 Å². The van der Waals surface area contributed by atoms with Gasteiger partial charge in [0.05, 0.1) is 16.9 Å². The standard InChI is InChI=1S/C20H27NO3/c1-20(2,24)13-5-6-15-9-11-16(12-10-15)14-21-18-8-4-3-7-17(18)19(22)23/h3-4,7-9,14,16,24H,5-6,10-13H2,1-2H3,(H,22,23). The number of aliphatic imine (C=N–C) groups is 1. The molecule has 1 aromatic rings. The Morgan fingerprint density at radius 1 is 1.38 bits per heavy atom. The first-order valence-electron chi connectivity index (χ1n) is 8.62. The Labute approximate surface area is 143 Å². The van der Waals surface area contributed by atoms with Gasteiger partial charge in [-0.3, -0.25) is 4.99 Å². The molecule has 1 aromatic carbocycles. The summed E-state index contributed by atoms with van der Waals surface area (Å²) in [4.78, 5) is 15.6. The van der Waals surface area contributed by atoms with Crippen molar-refractivity contribution in [3.63, 3.8) is 0 Å². The largest absolute Gasteiger partial charge is 0.478 e. The minimum Gasteiger partial charge on any atom is -0.478 e. The second-order valence-corrected chi connectivity index (χ2v) is 7.16. The highest BCUT2D eigenvalue weighted by Gasteiger charge is 2.16. The Hall–Kier alpha value is -1.94. The number of aromatic carboxylic acids is 1. The number of hydrogen-bond donors (Lipinski definition) is 2. The lowest BCUT2D eigenvalue weighted by atomic mass is 9.87. The van der Waals surface area contributed by atoms with Gasteiger partial charge >= 0.3 is 5.97 Å². The Kier molecular flexibility index (Phi) is 6.32. The van der Waals surface area contributed by atoms with E-state index in [-0.39, 0.29) is 5.56 Å². The fraction of sp³-hybridized carbons (Fsp3) is 0.500. The van der Waals surface area contributed by atoms with E-state index in [9.17, 15) is 15.0 Å². The normalized spacial score (nSPS) is 18.6. The van der Waals surface area contributed by atoms with E-state index in [4.69, 9.17) is 0 Å². The third-order valence-electron chi connectivity index (χ3n) is 4.39. The molecule has 2 rings (SSSR count). The molecule has 24 heavy (non-hydrogen) atoms. The quantitative estimate of drug-likeness (QED) is 0.560. The summed E-state index contributed by atoms with van der Waals surface area (Å²) in [7, 11) is 0. The predicted octanol–water partition coefficient (Wildman–Crippen LogP) is 4.75. The van der Waals surface area contributed by atoms with Crippen LogP contribution in [-0.4, -0.2) is 28.0 Å². The first-order chi connectivity index (χ1) is 11.3. The van der Waals surface area contributed by atoms with E-state index < -0.39 is 11.6 Å². The molecule has 0 radical (unpaired) electrons. The Morgan fingerprint density at radius 3 is 2.75 bits per heavy atom. The molecule has 1 aliphatic rings. The number of para-hydroxylation sites is 1. The minimum atomic E-state index is -0.944. The number of carboxylic acids is 1. The number of allylic oxidation sites excluding steroid dienone is 2. The molecule has 4 heteroatoms. The van der Waals surface area contributed by atoms with Gasteiger partial charge < -0.3 is 10.2 Å². The van der Waals surface area contributed by atoms with Crippen LogP contribution in [0.1, 0.15) is 62.7 Å². The third kappa shape index (κ3) is 5.93. The van der Waals surface area contributed by atoms with Crippen LogP contribution in [0.25, 0.3) is 0 Å². The monoisotopic (exact) mass is 329 g/mol. The van der Waals surface area contributed by atoms with Crippen molar-refractivity contribution in [2.45, 2.75) is 58.0 Å². The van der Waals surface area contributed by atoms with Crippen molar-refractivity contribution in [1.29, 1.82) is 0 Å². The molecule has 1 unspecified atom stereocenters. The lowest BCUT2D eigenvalue weighted by Gasteiger charge is -2.21. The lowest BCUT2D eigenvalue weighted by molar-refractivity contribution is 0.0683. The summed E-state index contributed by atoms with van der Waals surface area (Å²) in [5.74, 6) is -0.578. The van der Waals surface area contributed by atoms with Crippen molar-refractivity contribution in [2.75, 3.05) is 0 Å². The fourth-order valence-corrected chi connectivity index (χ4v) is 2.97. The maximum atomic E-state index is 11.2. The van der Waals surface area contributed by atoms with Gasteiger partial charge in [0.2, 0.25) is 0 Å². The fourth-order valence-electron chi connectivity index (χ4n) is 2.97. The number of aliphatic hydroxyl groups is 1. The molecular weight excluding hydrogens is 302 g/mol. The van der Waals surface area contributed by atoms with E-state index >= 15 is 0 Å². The number of carboxylic acid groups (broad SMARTS) is 1. The van der Waals surface area contributed by atoms with E-state index in [1.807, 2.05) is 20.1 Å². The van der Waals surface area contributed by atoms with Gasteiger partial charge in [0.25, 0.3) is 0 Å². The molecule has 0 aromatic heterocycles. The molecule has 4 nitrogen and oxygen atoms in total. The highest BCUT2D eigenvalue weighted by molar-refractivity contribution is 5.94. The van der Waals surface area contributed by atoms with Crippen LogP contribution in [0.5, 0.6) is 0 Å². The molecule has 0 amide bonds. The molecule has 0 spiro atoms. The molecule has 130 valence electrons. The van der Waals surface area contributed by atoms with Gasteiger partial charge in [-0.1, -0.05) is 23.8 Å². The summed E-state index contributed by atoms with van der Waals surface area (Å²) < 4.78 is 0. The molecular formula is C20H27NO3. The summed E-state index contributed by atoms with van der Waals surface area (Å²) in [5, 5.41) is 18.9. The van der Waals surface area contributed by atoms with Crippen molar-refractivity contribution in [1.82, 2.24) is 0 Å². The second-order valence-electron chi connectivity index (χ2n) is 7.16. The van der Waals surface area contributed by atoms with E-state index in [0.717, 1.165) is 38.5 Å². The highest BCUT2D eigenvalue weighted by atomic mass is 16.4. The molecule has 0 aliphatic heterocycles. The van der Waals surface area contributed by atoms with E-state index in [0.29, 0.717) is 11.6 Å². The molecule has 0 saturated heterocycles. The van der Waals surface area contributed by atoms with Gasteiger partial charge in [-0.15, -0.1) is 0 Å². The van der Waals surface area contributed by atoms with Crippen molar-refractivity contribution in [3.05, 3.63) is 41.5 Å². The minimum absolute atomic E-state index is 0.243. The second kappa shape index (κ2) is 8.25. The van der Waals surface area contributed by atoms with E-state index in [2.05, 4.69) is 11.1 Å². The molecule has 0 heterocycles. The van der Waals surface area contributed by atoms with Crippen molar-refractivity contribution in [3.8, 4) is 0 Å². The number of rotatable bonds is 7. The summed E-state index contributed by atoms with van der Waals surface area (Å²) in [5.41, 5.74) is 1.65. The summed E-state index contributed by atoms with van der Waals surface area (Å²) in [6.45, 7) is 3.70. The first-order valence-corrected chi connectivity index (χ1v) is 8.62. The predicted molar refractivity (Wildman–Crippen MR) is 97.1 cm³/mol. The van der Waals surface area contributed by atoms with Crippen molar-refractivity contribution < 1.29 is 15.0 Å². The number of carbonyl (C=O) groups is 1. The highest BCUT2D eigenvalue weighted by Crippen LogP contribution is 2.28. The van der Waals surface area contributed by atoms with Crippen LogP contribution in [0, 0.1) is 5.92 Å². The van der Waals surface area contributed by atoms with Crippen LogP contribution in [0.4, 0.5) is 5.69 Å².